The van der Waals surface area contributed by atoms with Gasteiger partial charge in [-0.15, -0.1) is 0 Å². The van der Waals surface area contributed by atoms with Crippen LogP contribution >= 0.6 is 0 Å². The third-order valence-electron chi connectivity index (χ3n) is 2.05. The number of carbonyl (C=O) groups excluding carboxylic acids is 1. The molecule has 0 aromatic heterocycles. The number of nitrogens with zero attached hydrogens (tertiary/aromatic N) is 1. The van der Waals surface area contributed by atoms with Gasteiger partial charge < -0.3 is 10.0 Å². The molecule has 0 heterocycles. The van der Waals surface area contributed by atoms with Crippen LogP contribution in [-0.4, -0.2) is 55.9 Å². The molecule has 0 saturated heterocycles. The summed E-state index contributed by atoms with van der Waals surface area (Å²) in [7, 11) is -0.410. The number of hydrogen-bond donors (Lipinski definition) is 1. The molecule has 0 aromatic rings. The quantitative estimate of drug-likeness (QED) is 0.693. The topological polar surface area (TPSA) is 91.8 Å². The second kappa shape index (κ2) is 5.83. The highest BCUT2D eigenvalue weighted by atomic mass is 32.2. The van der Waals surface area contributed by atoms with Gasteiger partial charge in [-0.2, -0.15) is 0 Å². The van der Waals surface area contributed by atoms with E-state index in [-0.39, 0.29) is 18.1 Å². The third kappa shape index (κ3) is 5.69. The molecule has 1 atom stereocenters. The van der Waals surface area contributed by atoms with Gasteiger partial charge >= 0.3 is 5.97 Å². The Hall–Kier alpha value is -1.11. The second-order valence-electron chi connectivity index (χ2n) is 3.89. The van der Waals surface area contributed by atoms with Crippen LogP contribution in [0.25, 0.3) is 0 Å². The molecule has 94 valence electrons. The Morgan fingerprint density at radius 1 is 1.31 bits per heavy atom. The number of amides is 1. The minimum atomic E-state index is -3.48. The van der Waals surface area contributed by atoms with E-state index in [2.05, 4.69) is 0 Å². The lowest BCUT2D eigenvalue weighted by atomic mass is 10.2. The first-order valence-electron chi connectivity index (χ1n) is 4.79. The molecule has 16 heavy (non-hydrogen) atoms. The number of hydrogen-bond acceptors (Lipinski definition) is 4. The Bertz CT molecular complexity index is 360. The predicted octanol–water partition coefficient (Wildman–Crippen LogP) is -0.400. The van der Waals surface area contributed by atoms with Crippen LogP contribution in [-0.2, 0) is 19.4 Å². The molecule has 0 saturated carbocycles. The highest BCUT2D eigenvalue weighted by Crippen LogP contribution is 2.04. The summed E-state index contributed by atoms with van der Waals surface area (Å²) in [6, 6.07) is 0. The van der Waals surface area contributed by atoms with E-state index in [4.69, 9.17) is 5.11 Å². The van der Waals surface area contributed by atoms with Crippen molar-refractivity contribution < 1.29 is 23.1 Å². The first kappa shape index (κ1) is 14.9. The van der Waals surface area contributed by atoms with Gasteiger partial charge in [0.2, 0.25) is 5.91 Å². The first-order valence-corrected chi connectivity index (χ1v) is 6.61. The summed E-state index contributed by atoms with van der Waals surface area (Å²) in [4.78, 5) is 22.9. The minimum absolute atomic E-state index is 0.109. The molecule has 0 spiro atoms. The Kier molecular flexibility index (Phi) is 5.43. The van der Waals surface area contributed by atoms with Crippen LogP contribution in [0.1, 0.15) is 13.3 Å². The number of carboxylic acids is 1. The van der Waals surface area contributed by atoms with E-state index in [1.807, 2.05) is 0 Å². The minimum Gasteiger partial charge on any atom is -0.481 e. The van der Waals surface area contributed by atoms with Gasteiger partial charge in [0.15, 0.2) is 9.84 Å². The maximum Gasteiger partial charge on any atom is 0.307 e. The number of aliphatic carboxylic acids is 1. The van der Waals surface area contributed by atoms with Gasteiger partial charge in [-0.05, 0) is 0 Å². The Morgan fingerprint density at radius 2 is 1.81 bits per heavy atom. The fourth-order valence-electron chi connectivity index (χ4n) is 1.00. The summed E-state index contributed by atoms with van der Waals surface area (Å²) < 4.78 is 22.9. The normalized spacial score (nSPS) is 13.2. The molecule has 0 radical (unpaired) electrons. The lowest BCUT2D eigenvalue weighted by Gasteiger charge is -2.11. The van der Waals surface area contributed by atoms with Crippen molar-refractivity contribution >= 4 is 21.7 Å². The van der Waals surface area contributed by atoms with Crippen molar-refractivity contribution in [1.82, 2.24) is 4.90 Å². The first-order chi connectivity index (χ1) is 7.15. The largest absolute Gasteiger partial charge is 0.481 e. The molecule has 0 aliphatic heterocycles. The lowest BCUT2D eigenvalue weighted by Crippen LogP contribution is -2.27. The van der Waals surface area contributed by atoms with Crippen molar-refractivity contribution in [2.75, 3.05) is 25.6 Å². The molecule has 0 fully saturated rings. The van der Waals surface area contributed by atoms with Gasteiger partial charge in [0.25, 0.3) is 0 Å². The average Bonchev–Trinajstić information content (AvgIpc) is 2.13. The molecule has 1 unspecified atom stereocenters. The van der Waals surface area contributed by atoms with Gasteiger partial charge in [0.05, 0.1) is 17.4 Å². The summed E-state index contributed by atoms with van der Waals surface area (Å²) in [6.07, 6.45) is -0.109. The summed E-state index contributed by atoms with van der Waals surface area (Å²) in [6.45, 7) is 1.33. The monoisotopic (exact) mass is 251 g/mol. The lowest BCUT2D eigenvalue weighted by molar-refractivity contribution is -0.140. The molecular formula is C9H17NO5S. The van der Waals surface area contributed by atoms with Gasteiger partial charge in [-0.1, -0.05) is 6.92 Å². The molecule has 0 bridgehead atoms. The van der Waals surface area contributed by atoms with Crippen molar-refractivity contribution in [3.05, 3.63) is 0 Å². The highest BCUT2D eigenvalue weighted by Gasteiger charge is 2.22. The molecule has 6 nitrogen and oxygen atoms in total. The number of carbonyl (C=O) groups is 2. The van der Waals surface area contributed by atoms with Gasteiger partial charge in [0.1, 0.15) is 0 Å². The Balaban J connectivity index is 4.27. The van der Waals surface area contributed by atoms with Gasteiger partial charge in [-0.25, -0.2) is 8.42 Å². The van der Waals surface area contributed by atoms with Crippen LogP contribution in [0, 0.1) is 5.92 Å². The van der Waals surface area contributed by atoms with E-state index in [1.165, 1.54) is 25.9 Å². The molecule has 1 N–H and O–H groups in total. The van der Waals surface area contributed by atoms with E-state index < -0.39 is 27.5 Å². The van der Waals surface area contributed by atoms with Crippen molar-refractivity contribution in [1.29, 1.82) is 0 Å². The zero-order valence-electron chi connectivity index (χ0n) is 9.63. The smallest absolute Gasteiger partial charge is 0.307 e. The van der Waals surface area contributed by atoms with Crippen LogP contribution in [0.15, 0.2) is 0 Å². The maximum atomic E-state index is 11.4. The van der Waals surface area contributed by atoms with Crippen LogP contribution in [0.4, 0.5) is 0 Å². The predicted molar refractivity (Wildman–Crippen MR) is 58.8 cm³/mol. The zero-order valence-corrected chi connectivity index (χ0v) is 10.5. The van der Waals surface area contributed by atoms with Gasteiger partial charge in [-0.3, -0.25) is 9.59 Å². The molecular weight excluding hydrogens is 234 g/mol. The molecule has 7 heteroatoms. The molecule has 0 rings (SSSR count). The van der Waals surface area contributed by atoms with Crippen molar-refractivity contribution in [3.8, 4) is 0 Å². The van der Waals surface area contributed by atoms with Gasteiger partial charge in [0, 0.05) is 20.5 Å². The molecule has 0 aliphatic carbocycles. The van der Waals surface area contributed by atoms with Crippen LogP contribution < -0.4 is 0 Å². The van der Waals surface area contributed by atoms with E-state index in [0.29, 0.717) is 0 Å². The molecule has 0 aromatic carbocycles. The second-order valence-corrected chi connectivity index (χ2v) is 6.12. The third-order valence-corrected chi connectivity index (χ3v) is 3.89. The summed E-state index contributed by atoms with van der Waals surface area (Å²) in [5, 5.41) is 8.57. The van der Waals surface area contributed by atoms with E-state index in [9.17, 15) is 18.0 Å². The van der Waals surface area contributed by atoms with Crippen molar-refractivity contribution in [3.63, 3.8) is 0 Å². The SMILES string of the molecule is CC(CS(=O)(=O)CCC(=O)N(C)C)C(=O)O. The number of sulfone groups is 1. The Morgan fingerprint density at radius 3 is 2.19 bits per heavy atom. The number of carboxylic acid groups (broad SMARTS) is 1. The van der Waals surface area contributed by atoms with E-state index >= 15 is 0 Å². The fraction of sp³-hybridized carbons (Fsp3) is 0.778. The number of rotatable bonds is 6. The molecule has 0 aliphatic rings. The summed E-state index contributed by atoms with van der Waals surface area (Å²) >= 11 is 0. The summed E-state index contributed by atoms with van der Waals surface area (Å²) in [5.74, 6) is -3.11. The van der Waals surface area contributed by atoms with Crippen LogP contribution in [0.5, 0.6) is 0 Å². The highest BCUT2D eigenvalue weighted by molar-refractivity contribution is 7.91. The summed E-state index contributed by atoms with van der Waals surface area (Å²) in [5.41, 5.74) is 0. The van der Waals surface area contributed by atoms with Crippen molar-refractivity contribution in [2.45, 2.75) is 13.3 Å². The Labute approximate surface area is 95.2 Å². The zero-order chi connectivity index (χ0) is 12.9. The van der Waals surface area contributed by atoms with Crippen LogP contribution in [0.2, 0.25) is 0 Å². The molecule has 1 amide bonds. The fourth-order valence-corrected chi connectivity index (χ4v) is 2.56. The average molecular weight is 251 g/mol. The van der Waals surface area contributed by atoms with Crippen molar-refractivity contribution in [2.24, 2.45) is 5.92 Å². The maximum absolute atomic E-state index is 11.4. The standard InChI is InChI=1S/C9H17NO5S/c1-7(9(12)13)6-16(14,15)5-4-8(11)10(2)3/h7H,4-6H2,1-3H3,(H,12,13). The van der Waals surface area contributed by atoms with E-state index in [1.54, 1.807) is 0 Å². The van der Waals surface area contributed by atoms with Crippen LogP contribution in [0.3, 0.4) is 0 Å². The van der Waals surface area contributed by atoms with E-state index in [0.717, 1.165) is 0 Å².